The maximum Gasteiger partial charge on any atom is 0.410 e. The van der Waals surface area contributed by atoms with Crippen LogP contribution in [0.2, 0.25) is 5.02 Å². The zero-order valence-electron chi connectivity index (χ0n) is 10.8. The fourth-order valence-electron chi connectivity index (χ4n) is 2.19. The number of rotatable bonds is 2. The molecule has 1 fully saturated rings. The quantitative estimate of drug-likeness (QED) is 0.907. The van der Waals surface area contributed by atoms with Crippen molar-refractivity contribution in [2.24, 2.45) is 5.73 Å². The van der Waals surface area contributed by atoms with Crippen molar-refractivity contribution in [3.8, 4) is 0 Å². The molecule has 1 atom stereocenters. The van der Waals surface area contributed by atoms with Gasteiger partial charge in [-0.1, -0.05) is 36.2 Å². The van der Waals surface area contributed by atoms with Crippen molar-refractivity contribution in [1.82, 2.24) is 4.90 Å². The number of hydrogen-bond donors (Lipinski definition) is 1. The summed E-state index contributed by atoms with van der Waals surface area (Å²) < 4.78 is 5.30. The third-order valence-electron chi connectivity index (χ3n) is 3.28. The lowest BCUT2D eigenvalue weighted by molar-refractivity contribution is 0.0960. The van der Waals surface area contributed by atoms with E-state index in [4.69, 9.17) is 22.1 Å². The second-order valence-corrected chi connectivity index (χ2v) is 5.26. The molecule has 1 aromatic rings. The number of hydrogen-bond acceptors (Lipinski definition) is 3. The van der Waals surface area contributed by atoms with Crippen LogP contribution in [0.1, 0.15) is 24.8 Å². The van der Waals surface area contributed by atoms with Crippen LogP contribution >= 0.6 is 11.6 Å². The SMILES string of the molecule is NC1CCCCN(C(=O)OCc2ccccc2Cl)C1. The molecule has 19 heavy (non-hydrogen) atoms. The van der Waals surface area contributed by atoms with E-state index < -0.39 is 0 Å². The molecule has 0 aromatic heterocycles. The first kappa shape index (κ1) is 14.2. The Balaban J connectivity index is 1.88. The van der Waals surface area contributed by atoms with Gasteiger partial charge in [0.1, 0.15) is 6.61 Å². The predicted molar refractivity (Wildman–Crippen MR) is 75.0 cm³/mol. The van der Waals surface area contributed by atoms with Crippen LogP contribution in [0, 0.1) is 0 Å². The Hall–Kier alpha value is -1.26. The molecule has 1 unspecified atom stereocenters. The first-order chi connectivity index (χ1) is 9.16. The molecule has 0 saturated carbocycles. The molecule has 2 N–H and O–H groups in total. The van der Waals surface area contributed by atoms with Crippen LogP contribution in [0.15, 0.2) is 24.3 Å². The molecule has 0 aliphatic carbocycles. The van der Waals surface area contributed by atoms with Gasteiger partial charge in [0.15, 0.2) is 0 Å². The van der Waals surface area contributed by atoms with E-state index >= 15 is 0 Å². The maximum atomic E-state index is 12.0. The Bertz CT molecular complexity index is 439. The highest BCUT2D eigenvalue weighted by Gasteiger charge is 2.20. The molecule has 0 bridgehead atoms. The molecule has 1 aliphatic rings. The summed E-state index contributed by atoms with van der Waals surface area (Å²) in [6.45, 7) is 1.49. The van der Waals surface area contributed by atoms with Crippen LogP contribution < -0.4 is 5.73 Å². The van der Waals surface area contributed by atoms with Gasteiger partial charge in [-0.25, -0.2) is 4.79 Å². The maximum absolute atomic E-state index is 12.0. The molecule has 0 spiro atoms. The molecule has 4 nitrogen and oxygen atoms in total. The average Bonchev–Trinajstić information content (AvgIpc) is 2.62. The molecule has 1 aliphatic heterocycles. The van der Waals surface area contributed by atoms with Crippen molar-refractivity contribution in [2.75, 3.05) is 13.1 Å². The smallest absolute Gasteiger partial charge is 0.410 e. The molecule has 104 valence electrons. The van der Waals surface area contributed by atoms with Crippen LogP contribution in [0.3, 0.4) is 0 Å². The highest BCUT2D eigenvalue weighted by molar-refractivity contribution is 6.31. The summed E-state index contributed by atoms with van der Waals surface area (Å²) in [5, 5.41) is 0.614. The Morgan fingerprint density at radius 1 is 1.42 bits per heavy atom. The highest BCUT2D eigenvalue weighted by atomic mass is 35.5. The summed E-state index contributed by atoms with van der Waals surface area (Å²) in [6.07, 6.45) is 2.70. The van der Waals surface area contributed by atoms with Crippen molar-refractivity contribution >= 4 is 17.7 Å². The van der Waals surface area contributed by atoms with Crippen LogP contribution in [0.25, 0.3) is 0 Å². The Kier molecular flexibility index (Phi) is 5.05. The van der Waals surface area contributed by atoms with Gasteiger partial charge in [-0.2, -0.15) is 0 Å². The second kappa shape index (κ2) is 6.78. The van der Waals surface area contributed by atoms with E-state index in [-0.39, 0.29) is 18.7 Å². The van der Waals surface area contributed by atoms with Crippen molar-refractivity contribution in [3.05, 3.63) is 34.9 Å². The zero-order valence-corrected chi connectivity index (χ0v) is 11.6. The standard InChI is InChI=1S/C14H19ClN2O2/c15-13-7-2-1-5-11(13)10-19-14(18)17-8-4-3-6-12(16)9-17/h1-2,5,7,12H,3-4,6,8-10,16H2. The minimum Gasteiger partial charge on any atom is -0.444 e. The summed E-state index contributed by atoms with van der Waals surface area (Å²) >= 11 is 6.02. The lowest BCUT2D eigenvalue weighted by atomic mass is 10.2. The largest absolute Gasteiger partial charge is 0.444 e. The Morgan fingerprint density at radius 3 is 3.00 bits per heavy atom. The minimum atomic E-state index is -0.308. The number of ether oxygens (including phenoxy) is 1. The monoisotopic (exact) mass is 282 g/mol. The van der Waals surface area contributed by atoms with Gasteiger partial charge in [-0.3, -0.25) is 0 Å². The molecule has 1 amide bonds. The Morgan fingerprint density at radius 2 is 2.21 bits per heavy atom. The van der Waals surface area contributed by atoms with E-state index in [9.17, 15) is 4.79 Å². The van der Waals surface area contributed by atoms with Gasteiger partial charge >= 0.3 is 6.09 Å². The first-order valence-corrected chi connectivity index (χ1v) is 6.95. The molecule has 0 radical (unpaired) electrons. The van der Waals surface area contributed by atoms with Crippen LogP contribution in [0.5, 0.6) is 0 Å². The number of amides is 1. The van der Waals surface area contributed by atoms with Gasteiger partial charge in [0.25, 0.3) is 0 Å². The lowest BCUT2D eigenvalue weighted by Crippen LogP contribution is -2.39. The minimum absolute atomic E-state index is 0.0513. The molecule has 2 rings (SSSR count). The van der Waals surface area contributed by atoms with Crippen LogP contribution in [-0.2, 0) is 11.3 Å². The Labute approximate surface area is 118 Å². The number of benzene rings is 1. The molecule has 1 saturated heterocycles. The normalized spacial score (nSPS) is 19.9. The van der Waals surface area contributed by atoms with E-state index in [1.54, 1.807) is 11.0 Å². The van der Waals surface area contributed by atoms with E-state index in [1.807, 2.05) is 18.2 Å². The molecule has 5 heteroatoms. The fraction of sp³-hybridized carbons (Fsp3) is 0.500. The van der Waals surface area contributed by atoms with Crippen LogP contribution in [-0.4, -0.2) is 30.1 Å². The number of carbonyl (C=O) groups excluding carboxylic acids is 1. The van der Waals surface area contributed by atoms with Crippen LogP contribution in [0.4, 0.5) is 4.79 Å². The third-order valence-corrected chi connectivity index (χ3v) is 3.64. The lowest BCUT2D eigenvalue weighted by Gasteiger charge is -2.22. The van der Waals surface area contributed by atoms with E-state index in [0.29, 0.717) is 11.6 Å². The number of likely N-dealkylation sites (tertiary alicyclic amines) is 1. The van der Waals surface area contributed by atoms with Gasteiger partial charge in [-0.05, 0) is 18.9 Å². The van der Waals surface area contributed by atoms with Crippen molar-refractivity contribution in [3.63, 3.8) is 0 Å². The fourth-order valence-corrected chi connectivity index (χ4v) is 2.38. The second-order valence-electron chi connectivity index (χ2n) is 4.85. The van der Waals surface area contributed by atoms with E-state index in [0.717, 1.165) is 31.4 Å². The van der Waals surface area contributed by atoms with Gasteiger partial charge in [0, 0.05) is 29.7 Å². The van der Waals surface area contributed by atoms with Gasteiger partial charge in [0.05, 0.1) is 0 Å². The molecular weight excluding hydrogens is 264 g/mol. The number of carbonyl (C=O) groups is 1. The predicted octanol–water partition coefficient (Wildman–Crippen LogP) is 2.79. The third kappa shape index (κ3) is 4.11. The van der Waals surface area contributed by atoms with Gasteiger partial charge in [-0.15, -0.1) is 0 Å². The average molecular weight is 283 g/mol. The van der Waals surface area contributed by atoms with Crippen molar-refractivity contribution in [2.45, 2.75) is 31.9 Å². The number of nitrogens with zero attached hydrogens (tertiary/aromatic N) is 1. The molecule has 1 aromatic carbocycles. The number of nitrogens with two attached hydrogens (primary N) is 1. The van der Waals surface area contributed by atoms with Gasteiger partial charge in [0.2, 0.25) is 0 Å². The van der Waals surface area contributed by atoms with E-state index in [1.165, 1.54) is 0 Å². The van der Waals surface area contributed by atoms with Crippen molar-refractivity contribution in [1.29, 1.82) is 0 Å². The van der Waals surface area contributed by atoms with Crippen molar-refractivity contribution < 1.29 is 9.53 Å². The van der Waals surface area contributed by atoms with Gasteiger partial charge < -0.3 is 15.4 Å². The number of halogens is 1. The topological polar surface area (TPSA) is 55.6 Å². The van der Waals surface area contributed by atoms with E-state index in [2.05, 4.69) is 0 Å². The first-order valence-electron chi connectivity index (χ1n) is 6.57. The summed E-state index contributed by atoms with van der Waals surface area (Å²) in [7, 11) is 0. The summed E-state index contributed by atoms with van der Waals surface area (Å²) in [4.78, 5) is 13.7. The molecular formula is C14H19ClN2O2. The summed E-state index contributed by atoms with van der Waals surface area (Å²) in [5.74, 6) is 0. The highest BCUT2D eigenvalue weighted by Crippen LogP contribution is 2.17. The zero-order chi connectivity index (χ0) is 13.7. The summed E-state index contributed by atoms with van der Waals surface area (Å²) in [5.41, 5.74) is 6.74. The molecule has 1 heterocycles. The summed E-state index contributed by atoms with van der Waals surface area (Å²) in [6, 6.07) is 7.41.